The summed E-state index contributed by atoms with van der Waals surface area (Å²) < 4.78 is 2.00. The molecular formula is C25H24N8. The van der Waals surface area contributed by atoms with E-state index in [9.17, 15) is 0 Å². The number of anilines is 1. The smallest absolute Gasteiger partial charge is 0.180 e. The van der Waals surface area contributed by atoms with Crippen LogP contribution in [0.2, 0.25) is 0 Å². The number of aromatic nitrogens is 7. The second-order valence-electron chi connectivity index (χ2n) is 7.87. The number of hydrogen-bond acceptors (Lipinski definition) is 6. The fourth-order valence-corrected chi connectivity index (χ4v) is 3.83. The average molecular weight is 437 g/mol. The van der Waals surface area contributed by atoms with E-state index >= 15 is 0 Å². The van der Waals surface area contributed by atoms with Gasteiger partial charge in [-0.25, -0.2) is 14.8 Å². The molecule has 3 N–H and O–H groups in total. The van der Waals surface area contributed by atoms with Crippen molar-refractivity contribution in [1.29, 1.82) is 0 Å². The largest absolute Gasteiger partial charge is 0.399 e. The molecule has 164 valence electrons. The molecule has 0 aliphatic rings. The second kappa shape index (κ2) is 9.04. The highest BCUT2D eigenvalue weighted by atomic mass is 15.5. The summed E-state index contributed by atoms with van der Waals surface area (Å²) in [5.74, 6) is 2.45. The molecule has 0 aliphatic carbocycles. The average Bonchev–Trinajstić information content (AvgIpc) is 3.52. The van der Waals surface area contributed by atoms with Crippen LogP contribution in [0.1, 0.15) is 29.7 Å². The van der Waals surface area contributed by atoms with E-state index < -0.39 is 0 Å². The van der Waals surface area contributed by atoms with Crippen LogP contribution in [0.25, 0.3) is 22.5 Å². The fraction of sp³-hybridized carbons (Fsp3) is 0.160. The van der Waals surface area contributed by atoms with Gasteiger partial charge in [-0.2, -0.15) is 5.10 Å². The van der Waals surface area contributed by atoms with Crippen LogP contribution < -0.4 is 5.73 Å². The van der Waals surface area contributed by atoms with E-state index in [1.165, 1.54) is 0 Å². The van der Waals surface area contributed by atoms with Gasteiger partial charge in [-0.1, -0.05) is 67.6 Å². The number of nitrogens with two attached hydrogens (primary N) is 1. The van der Waals surface area contributed by atoms with E-state index in [-0.39, 0.29) is 0 Å². The molecular weight excluding hydrogens is 412 g/mol. The zero-order valence-corrected chi connectivity index (χ0v) is 18.3. The van der Waals surface area contributed by atoms with Crippen LogP contribution in [-0.4, -0.2) is 35.4 Å². The van der Waals surface area contributed by atoms with Gasteiger partial charge in [0, 0.05) is 24.1 Å². The first-order valence-corrected chi connectivity index (χ1v) is 10.9. The Bertz CT molecular complexity index is 1340. The lowest BCUT2D eigenvalue weighted by Crippen LogP contribution is -2.08. The topological polar surface area (TPSA) is 111 Å². The Morgan fingerprint density at radius 2 is 1.61 bits per heavy atom. The van der Waals surface area contributed by atoms with Crippen LogP contribution in [-0.2, 0) is 19.4 Å². The van der Waals surface area contributed by atoms with Crippen molar-refractivity contribution < 1.29 is 0 Å². The molecule has 0 amide bonds. The number of rotatable bonds is 7. The van der Waals surface area contributed by atoms with Crippen LogP contribution in [0.15, 0.2) is 72.8 Å². The van der Waals surface area contributed by atoms with Crippen molar-refractivity contribution in [3.05, 3.63) is 95.6 Å². The molecule has 0 saturated carbocycles. The molecule has 5 aromatic rings. The molecule has 0 radical (unpaired) electrons. The summed E-state index contributed by atoms with van der Waals surface area (Å²) in [6.45, 7) is 2.73. The van der Waals surface area contributed by atoms with E-state index in [0.717, 1.165) is 51.6 Å². The molecule has 0 spiro atoms. The Morgan fingerprint density at radius 1 is 0.879 bits per heavy atom. The third-order valence-electron chi connectivity index (χ3n) is 5.58. The maximum absolute atomic E-state index is 5.82. The van der Waals surface area contributed by atoms with Crippen LogP contribution >= 0.6 is 0 Å². The highest BCUT2D eigenvalue weighted by Crippen LogP contribution is 2.29. The molecule has 0 bridgehead atoms. The number of aryl methyl sites for hydroxylation is 1. The van der Waals surface area contributed by atoms with E-state index in [2.05, 4.69) is 57.9 Å². The number of nitrogens with zero attached hydrogens (tertiary/aromatic N) is 6. The maximum atomic E-state index is 5.82. The quantitative estimate of drug-likeness (QED) is 0.374. The van der Waals surface area contributed by atoms with E-state index in [0.29, 0.717) is 18.8 Å². The van der Waals surface area contributed by atoms with Gasteiger partial charge in [0.05, 0.1) is 6.54 Å². The highest BCUT2D eigenvalue weighted by molar-refractivity contribution is 5.80. The Hall–Kier alpha value is -4.33. The van der Waals surface area contributed by atoms with Crippen molar-refractivity contribution >= 4 is 5.69 Å². The number of benzene rings is 3. The van der Waals surface area contributed by atoms with Gasteiger partial charge in [0.2, 0.25) is 0 Å². The Labute approximate surface area is 191 Å². The van der Waals surface area contributed by atoms with Crippen molar-refractivity contribution in [2.24, 2.45) is 0 Å². The Morgan fingerprint density at radius 3 is 2.30 bits per heavy atom. The van der Waals surface area contributed by atoms with Gasteiger partial charge in [-0.05, 0) is 44.8 Å². The standard InChI is InChI=1S/C25H24N8/c1-2-23-27-24(15-17-9-13-20(26)14-10-17)33(30-23)16-18-7-11-19(12-8-18)21-5-3-4-6-22(21)25-28-31-32-29-25/h3-14H,2,15-16,26H2,1H3,(H,28,29,31,32). The maximum Gasteiger partial charge on any atom is 0.180 e. The molecule has 2 aromatic heterocycles. The van der Waals surface area contributed by atoms with Gasteiger partial charge in [0.25, 0.3) is 0 Å². The molecule has 0 atom stereocenters. The predicted molar refractivity (Wildman–Crippen MR) is 127 cm³/mol. The molecule has 5 rings (SSSR count). The normalized spacial score (nSPS) is 11.1. The molecule has 0 aliphatic heterocycles. The Kier molecular flexibility index (Phi) is 5.63. The fourth-order valence-electron chi connectivity index (χ4n) is 3.83. The zero-order chi connectivity index (χ0) is 22.6. The van der Waals surface area contributed by atoms with E-state index in [1.807, 2.05) is 47.1 Å². The number of H-pyrrole nitrogens is 1. The zero-order valence-electron chi connectivity index (χ0n) is 18.3. The van der Waals surface area contributed by atoms with Crippen LogP contribution in [0.4, 0.5) is 5.69 Å². The van der Waals surface area contributed by atoms with Gasteiger partial charge in [0.15, 0.2) is 11.6 Å². The summed E-state index contributed by atoms with van der Waals surface area (Å²) in [5, 5.41) is 19.0. The summed E-state index contributed by atoms with van der Waals surface area (Å²) in [7, 11) is 0. The van der Waals surface area contributed by atoms with Crippen molar-refractivity contribution in [3.8, 4) is 22.5 Å². The first-order valence-electron chi connectivity index (χ1n) is 10.9. The summed E-state index contributed by atoms with van der Waals surface area (Å²) in [6, 6.07) is 24.5. The Balaban J connectivity index is 1.39. The first kappa shape index (κ1) is 20.6. The number of tetrazole rings is 1. The minimum Gasteiger partial charge on any atom is -0.399 e. The molecule has 0 fully saturated rings. The third kappa shape index (κ3) is 4.50. The monoisotopic (exact) mass is 436 g/mol. The minimum atomic E-state index is 0.650. The molecule has 3 aromatic carbocycles. The van der Waals surface area contributed by atoms with Gasteiger partial charge in [0.1, 0.15) is 5.82 Å². The van der Waals surface area contributed by atoms with Crippen molar-refractivity contribution in [3.63, 3.8) is 0 Å². The summed E-state index contributed by atoms with van der Waals surface area (Å²) in [6.07, 6.45) is 1.51. The third-order valence-corrected chi connectivity index (χ3v) is 5.58. The van der Waals surface area contributed by atoms with Crippen molar-refractivity contribution in [1.82, 2.24) is 35.4 Å². The predicted octanol–water partition coefficient (Wildman–Crippen LogP) is 3.91. The number of nitrogen functional groups attached to an aromatic ring is 1. The molecule has 33 heavy (non-hydrogen) atoms. The molecule has 0 unspecified atom stereocenters. The second-order valence-corrected chi connectivity index (χ2v) is 7.87. The van der Waals surface area contributed by atoms with Gasteiger partial charge in [-0.3, -0.25) is 0 Å². The number of aromatic amines is 1. The number of nitrogens with one attached hydrogen (secondary N) is 1. The lowest BCUT2D eigenvalue weighted by atomic mass is 9.98. The van der Waals surface area contributed by atoms with E-state index in [1.54, 1.807) is 0 Å². The van der Waals surface area contributed by atoms with Gasteiger partial charge in [-0.15, -0.1) is 5.10 Å². The van der Waals surface area contributed by atoms with Crippen LogP contribution in [0.3, 0.4) is 0 Å². The molecule has 0 saturated heterocycles. The van der Waals surface area contributed by atoms with E-state index in [4.69, 9.17) is 15.8 Å². The van der Waals surface area contributed by atoms with Crippen molar-refractivity contribution in [2.45, 2.75) is 26.3 Å². The lowest BCUT2D eigenvalue weighted by molar-refractivity contribution is 0.641. The summed E-state index contributed by atoms with van der Waals surface area (Å²) in [4.78, 5) is 4.75. The van der Waals surface area contributed by atoms with Crippen LogP contribution in [0.5, 0.6) is 0 Å². The first-order chi connectivity index (χ1) is 16.2. The highest BCUT2D eigenvalue weighted by Gasteiger charge is 2.12. The summed E-state index contributed by atoms with van der Waals surface area (Å²) >= 11 is 0. The number of hydrogen-bond donors (Lipinski definition) is 2. The lowest BCUT2D eigenvalue weighted by Gasteiger charge is -2.10. The van der Waals surface area contributed by atoms with Crippen molar-refractivity contribution in [2.75, 3.05) is 5.73 Å². The molecule has 2 heterocycles. The SMILES string of the molecule is CCc1nc(Cc2ccc(N)cc2)n(Cc2ccc(-c3ccccc3-c3nnn[nH]3)cc2)n1. The van der Waals surface area contributed by atoms with Crippen LogP contribution in [0, 0.1) is 0 Å². The molecule has 8 heteroatoms. The van der Waals surface area contributed by atoms with Gasteiger partial charge >= 0.3 is 0 Å². The minimum absolute atomic E-state index is 0.650. The summed E-state index contributed by atoms with van der Waals surface area (Å²) in [5.41, 5.74) is 12.0. The molecule has 8 nitrogen and oxygen atoms in total. The van der Waals surface area contributed by atoms with Gasteiger partial charge < -0.3 is 5.73 Å².